The second kappa shape index (κ2) is 7.52. The molecule has 0 aromatic carbocycles. The Morgan fingerprint density at radius 2 is 1.85 bits per heavy atom. The first-order valence-electron chi connectivity index (χ1n) is 7.30. The third-order valence-electron chi connectivity index (χ3n) is 3.75. The van der Waals surface area contributed by atoms with Gasteiger partial charge in [-0.15, -0.1) is 0 Å². The minimum Gasteiger partial charge on any atom is -0.395 e. The summed E-state index contributed by atoms with van der Waals surface area (Å²) in [4.78, 5) is 15.7. The van der Waals surface area contributed by atoms with Crippen molar-refractivity contribution < 1.29 is 5.11 Å². The minimum absolute atomic E-state index is 0.189. The molecule has 1 N–H and O–H groups in total. The zero-order valence-electron chi connectivity index (χ0n) is 12.5. The highest BCUT2D eigenvalue weighted by Crippen LogP contribution is 2.11. The largest absolute Gasteiger partial charge is 0.395 e. The molecule has 0 unspecified atom stereocenters. The van der Waals surface area contributed by atoms with Gasteiger partial charge >= 0.3 is 0 Å². The second-order valence-corrected chi connectivity index (χ2v) is 5.27. The minimum atomic E-state index is 0.189. The fourth-order valence-electron chi connectivity index (χ4n) is 2.35. The SMILES string of the molecule is CCN(CCO)Cc1cnc(N2CCN(C)CC2)nc1. The average molecular weight is 279 g/mol. The Labute approximate surface area is 121 Å². The van der Waals surface area contributed by atoms with E-state index in [9.17, 15) is 0 Å². The summed E-state index contributed by atoms with van der Waals surface area (Å²) in [5, 5.41) is 9.00. The summed E-state index contributed by atoms with van der Waals surface area (Å²) in [7, 11) is 2.14. The van der Waals surface area contributed by atoms with Crippen molar-refractivity contribution in [1.82, 2.24) is 19.8 Å². The van der Waals surface area contributed by atoms with Gasteiger partial charge in [-0.25, -0.2) is 9.97 Å². The van der Waals surface area contributed by atoms with Crippen LogP contribution < -0.4 is 4.90 Å². The molecule has 1 aliphatic rings. The van der Waals surface area contributed by atoms with Crippen LogP contribution in [0.5, 0.6) is 0 Å². The van der Waals surface area contributed by atoms with E-state index in [-0.39, 0.29) is 6.61 Å². The summed E-state index contributed by atoms with van der Waals surface area (Å²) in [6.45, 7) is 8.78. The topological polar surface area (TPSA) is 55.7 Å². The van der Waals surface area contributed by atoms with E-state index in [0.29, 0.717) is 6.54 Å². The van der Waals surface area contributed by atoms with Crippen LogP contribution in [0.1, 0.15) is 12.5 Å². The molecule has 0 radical (unpaired) electrons. The Bertz CT molecular complexity index is 389. The lowest BCUT2D eigenvalue weighted by atomic mass is 10.3. The zero-order valence-corrected chi connectivity index (χ0v) is 12.5. The van der Waals surface area contributed by atoms with Crippen molar-refractivity contribution >= 4 is 5.95 Å². The summed E-state index contributed by atoms with van der Waals surface area (Å²) >= 11 is 0. The van der Waals surface area contributed by atoms with E-state index in [1.54, 1.807) is 0 Å². The molecule has 1 aliphatic heterocycles. The lowest BCUT2D eigenvalue weighted by Crippen LogP contribution is -2.45. The predicted molar refractivity (Wildman–Crippen MR) is 79.8 cm³/mol. The van der Waals surface area contributed by atoms with Gasteiger partial charge in [0.05, 0.1) is 6.61 Å². The molecule has 112 valence electrons. The average Bonchev–Trinajstić information content (AvgIpc) is 2.48. The molecular weight excluding hydrogens is 254 g/mol. The fourth-order valence-corrected chi connectivity index (χ4v) is 2.35. The van der Waals surface area contributed by atoms with Crippen molar-refractivity contribution in [2.45, 2.75) is 13.5 Å². The van der Waals surface area contributed by atoms with E-state index in [1.165, 1.54) is 0 Å². The van der Waals surface area contributed by atoms with Crippen LogP contribution in [-0.4, -0.2) is 77.8 Å². The predicted octanol–water partition coefficient (Wildman–Crippen LogP) is 0.0426. The van der Waals surface area contributed by atoms with E-state index < -0.39 is 0 Å². The molecule has 1 aromatic heterocycles. The van der Waals surface area contributed by atoms with Crippen LogP contribution in [0, 0.1) is 0 Å². The third kappa shape index (κ3) is 4.13. The first-order chi connectivity index (χ1) is 9.72. The first-order valence-corrected chi connectivity index (χ1v) is 7.30. The second-order valence-electron chi connectivity index (χ2n) is 5.27. The molecule has 6 heteroatoms. The number of aromatic nitrogens is 2. The van der Waals surface area contributed by atoms with Crippen LogP contribution in [0.4, 0.5) is 5.95 Å². The van der Waals surface area contributed by atoms with Crippen LogP contribution in [0.2, 0.25) is 0 Å². The molecule has 2 heterocycles. The Hall–Kier alpha value is -1.24. The van der Waals surface area contributed by atoms with E-state index in [4.69, 9.17) is 5.11 Å². The Kier molecular flexibility index (Phi) is 5.70. The van der Waals surface area contributed by atoms with Gasteiger partial charge in [-0.1, -0.05) is 6.92 Å². The molecule has 1 saturated heterocycles. The molecule has 2 rings (SSSR count). The first kappa shape index (κ1) is 15.2. The molecule has 1 aromatic rings. The maximum Gasteiger partial charge on any atom is 0.225 e. The van der Waals surface area contributed by atoms with Crippen molar-refractivity contribution in [3.63, 3.8) is 0 Å². The zero-order chi connectivity index (χ0) is 14.4. The van der Waals surface area contributed by atoms with Gasteiger partial charge < -0.3 is 14.9 Å². The highest BCUT2D eigenvalue weighted by atomic mass is 16.3. The summed E-state index contributed by atoms with van der Waals surface area (Å²) < 4.78 is 0. The lowest BCUT2D eigenvalue weighted by molar-refractivity contribution is 0.196. The van der Waals surface area contributed by atoms with E-state index in [1.807, 2.05) is 12.4 Å². The number of hydrogen-bond acceptors (Lipinski definition) is 6. The van der Waals surface area contributed by atoms with Gasteiger partial charge in [0.1, 0.15) is 0 Å². The lowest BCUT2D eigenvalue weighted by Gasteiger charge is -2.32. The molecule has 20 heavy (non-hydrogen) atoms. The monoisotopic (exact) mass is 279 g/mol. The Morgan fingerprint density at radius 3 is 2.40 bits per heavy atom. The maximum atomic E-state index is 9.00. The quantitative estimate of drug-likeness (QED) is 0.794. The van der Waals surface area contributed by atoms with Crippen LogP contribution in [0.15, 0.2) is 12.4 Å². The highest BCUT2D eigenvalue weighted by Gasteiger charge is 2.16. The maximum absolute atomic E-state index is 9.00. The molecule has 0 saturated carbocycles. The fraction of sp³-hybridized carbons (Fsp3) is 0.714. The van der Waals surface area contributed by atoms with Crippen molar-refractivity contribution in [3.8, 4) is 0 Å². The number of aliphatic hydroxyl groups excluding tert-OH is 1. The smallest absolute Gasteiger partial charge is 0.225 e. The molecule has 0 bridgehead atoms. The van der Waals surface area contributed by atoms with E-state index in [2.05, 4.69) is 38.6 Å². The number of anilines is 1. The molecule has 1 fully saturated rings. The third-order valence-corrected chi connectivity index (χ3v) is 3.75. The summed E-state index contributed by atoms with van der Waals surface area (Å²) in [5.41, 5.74) is 1.10. The van der Waals surface area contributed by atoms with Crippen LogP contribution in [0.25, 0.3) is 0 Å². The van der Waals surface area contributed by atoms with E-state index >= 15 is 0 Å². The molecule has 6 nitrogen and oxygen atoms in total. The Balaban J connectivity index is 1.92. The normalized spacial score (nSPS) is 16.9. The van der Waals surface area contributed by atoms with Crippen molar-refractivity contribution in [2.24, 2.45) is 0 Å². The van der Waals surface area contributed by atoms with Gasteiger partial charge in [0.2, 0.25) is 5.95 Å². The number of rotatable bonds is 6. The number of hydrogen-bond donors (Lipinski definition) is 1. The summed E-state index contributed by atoms with van der Waals surface area (Å²) in [6, 6.07) is 0. The van der Waals surface area contributed by atoms with Crippen molar-refractivity contribution in [3.05, 3.63) is 18.0 Å². The molecule has 0 aliphatic carbocycles. The molecule has 0 atom stereocenters. The standard InChI is InChI=1S/C14H25N5O/c1-3-18(8-9-20)12-13-10-15-14(16-11-13)19-6-4-17(2)5-7-19/h10-11,20H,3-9,12H2,1-2H3. The number of piperazine rings is 1. The Morgan fingerprint density at radius 1 is 1.20 bits per heavy atom. The van der Waals surface area contributed by atoms with Crippen LogP contribution >= 0.6 is 0 Å². The van der Waals surface area contributed by atoms with Gasteiger partial charge in [-0.3, -0.25) is 4.90 Å². The molecule has 0 spiro atoms. The van der Waals surface area contributed by atoms with Crippen molar-refractivity contribution in [2.75, 3.05) is 57.8 Å². The van der Waals surface area contributed by atoms with Gasteiger partial charge in [0, 0.05) is 57.2 Å². The van der Waals surface area contributed by atoms with Gasteiger partial charge in [-0.05, 0) is 13.6 Å². The summed E-state index contributed by atoms with van der Waals surface area (Å²) in [5.74, 6) is 0.826. The molecular formula is C14H25N5O. The number of likely N-dealkylation sites (N-methyl/N-ethyl adjacent to an activating group) is 2. The molecule has 0 amide bonds. The van der Waals surface area contributed by atoms with Crippen LogP contribution in [-0.2, 0) is 6.54 Å². The van der Waals surface area contributed by atoms with Crippen LogP contribution in [0.3, 0.4) is 0 Å². The van der Waals surface area contributed by atoms with Gasteiger partial charge in [-0.2, -0.15) is 0 Å². The van der Waals surface area contributed by atoms with E-state index in [0.717, 1.165) is 50.8 Å². The van der Waals surface area contributed by atoms with Gasteiger partial charge in [0.15, 0.2) is 0 Å². The number of nitrogens with zero attached hydrogens (tertiary/aromatic N) is 5. The summed E-state index contributed by atoms with van der Waals surface area (Å²) in [6.07, 6.45) is 3.81. The highest BCUT2D eigenvalue weighted by molar-refractivity contribution is 5.30. The van der Waals surface area contributed by atoms with Gasteiger partial charge in [0.25, 0.3) is 0 Å². The van der Waals surface area contributed by atoms with Crippen molar-refractivity contribution in [1.29, 1.82) is 0 Å². The number of aliphatic hydroxyl groups is 1.